The standard InChI is InChI=1S/C16H22F2N2O/c1-10-3-5-16(9-19,6-4-10)15(21)20-14-8-12(17)11(2)7-13(14)18/h7-8,10H,3-6,9,19H2,1-2H3,(H,20,21). The van der Waals surface area contributed by atoms with Gasteiger partial charge in [0.15, 0.2) is 0 Å². The van der Waals surface area contributed by atoms with Gasteiger partial charge in [0.05, 0.1) is 11.1 Å². The first-order valence-electron chi connectivity index (χ1n) is 7.35. The van der Waals surface area contributed by atoms with E-state index in [4.69, 9.17) is 5.73 Å². The minimum atomic E-state index is -0.666. The fourth-order valence-corrected chi connectivity index (χ4v) is 2.84. The van der Waals surface area contributed by atoms with Gasteiger partial charge in [0, 0.05) is 12.6 Å². The number of anilines is 1. The summed E-state index contributed by atoms with van der Waals surface area (Å²) in [7, 11) is 0. The van der Waals surface area contributed by atoms with Crippen LogP contribution in [0.3, 0.4) is 0 Å². The van der Waals surface area contributed by atoms with E-state index in [9.17, 15) is 13.6 Å². The third-order valence-electron chi connectivity index (χ3n) is 4.60. The molecule has 3 nitrogen and oxygen atoms in total. The van der Waals surface area contributed by atoms with Crippen molar-refractivity contribution in [3.63, 3.8) is 0 Å². The molecule has 0 unspecified atom stereocenters. The lowest BCUT2D eigenvalue weighted by atomic mass is 9.70. The highest BCUT2D eigenvalue weighted by molar-refractivity contribution is 5.95. The number of halogens is 2. The van der Waals surface area contributed by atoms with E-state index in [2.05, 4.69) is 12.2 Å². The number of nitrogens with two attached hydrogens (primary N) is 1. The second-order valence-corrected chi connectivity index (χ2v) is 6.20. The first-order chi connectivity index (χ1) is 9.88. The van der Waals surface area contributed by atoms with Gasteiger partial charge in [-0.15, -0.1) is 0 Å². The number of aryl methyl sites for hydroxylation is 1. The van der Waals surface area contributed by atoms with Gasteiger partial charge in [-0.2, -0.15) is 0 Å². The van der Waals surface area contributed by atoms with E-state index in [0.29, 0.717) is 18.8 Å². The lowest BCUT2D eigenvalue weighted by Gasteiger charge is -2.37. The summed E-state index contributed by atoms with van der Waals surface area (Å²) in [5.74, 6) is -0.894. The first kappa shape index (κ1) is 15.9. The lowest BCUT2D eigenvalue weighted by Crippen LogP contribution is -2.45. The van der Waals surface area contributed by atoms with E-state index >= 15 is 0 Å². The fraction of sp³-hybridized carbons (Fsp3) is 0.562. The Labute approximate surface area is 123 Å². The summed E-state index contributed by atoms with van der Waals surface area (Å²) in [6, 6.07) is 2.11. The molecule has 0 aliphatic heterocycles. The topological polar surface area (TPSA) is 55.1 Å². The van der Waals surface area contributed by atoms with Crippen LogP contribution in [0.15, 0.2) is 12.1 Å². The second-order valence-electron chi connectivity index (χ2n) is 6.20. The predicted molar refractivity (Wildman–Crippen MR) is 78.8 cm³/mol. The van der Waals surface area contributed by atoms with Crippen molar-refractivity contribution >= 4 is 11.6 Å². The monoisotopic (exact) mass is 296 g/mol. The van der Waals surface area contributed by atoms with Crippen LogP contribution in [-0.2, 0) is 4.79 Å². The first-order valence-corrected chi connectivity index (χ1v) is 7.35. The average Bonchev–Trinajstić information content (AvgIpc) is 2.46. The molecule has 1 saturated carbocycles. The van der Waals surface area contributed by atoms with Gasteiger partial charge in [0.25, 0.3) is 0 Å². The highest BCUT2D eigenvalue weighted by Gasteiger charge is 2.40. The second kappa shape index (κ2) is 6.10. The summed E-state index contributed by atoms with van der Waals surface area (Å²) < 4.78 is 27.4. The Hall–Kier alpha value is -1.49. The fourth-order valence-electron chi connectivity index (χ4n) is 2.84. The van der Waals surface area contributed by atoms with Crippen molar-refractivity contribution in [3.05, 3.63) is 29.3 Å². The van der Waals surface area contributed by atoms with Crippen LogP contribution in [0.4, 0.5) is 14.5 Å². The van der Waals surface area contributed by atoms with Crippen LogP contribution in [0.5, 0.6) is 0 Å². The van der Waals surface area contributed by atoms with Gasteiger partial charge in [0.1, 0.15) is 11.6 Å². The molecule has 0 radical (unpaired) electrons. The van der Waals surface area contributed by atoms with E-state index in [1.165, 1.54) is 6.92 Å². The predicted octanol–water partition coefficient (Wildman–Crippen LogP) is 3.37. The molecule has 21 heavy (non-hydrogen) atoms. The van der Waals surface area contributed by atoms with Crippen LogP contribution in [-0.4, -0.2) is 12.5 Å². The van der Waals surface area contributed by atoms with Gasteiger partial charge in [-0.25, -0.2) is 8.78 Å². The minimum absolute atomic E-state index is 0.116. The molecule has 116 valence electrons. The number of amides is 1. The van der Waals surface area contributed by atoms with Crippen molar-refractivity contribution in [2.24, 2.45) is 17.1 Å². The molecule has 0 heterocycles. The largest absolute Gasteiger partial charge is 0.329 e. The highest BCUT2D eigenvalue weighted by atomic mass is 19.1. The molecule has 3 N–H and O–H groups in total. The summed E-state index contributed by atoms with van der Waals surface area (Å²) in [4.78, 5) is 12.5. The van der Waals surface area contributed by atoms with Gasteiger partial charge < -0.3 is 11.1 Å². The number of benzene rings is 1. The lowest BCUT2D eigenvalue weighted by molar-refractivity contribution is -0.127. The average molecular weight is 296 g/mol. The molecule has 0 bridgehead atoms. The Morgan fingerprint density at radius 1 is 1.33 bits per heavy atom. The van der Waals surface area contributed by atoms with Crippen molar-refractivity contribution in [1.29, 1.82) is 0 Å². The number of carbonyl (C=O) groups is 1. The van der Waals surface area contributed by atoms with Crippen LogP contribution in [0, 0.1) is 29.9 Å². The summed E-state index contributed by atoms with van der Waals surface area (Å²) in [5.41, 5.74) is 5.23. The molecule has 1 aliphatic carbocycles. The molecule has 0 spiro atoms. The Kier molecular flexibility index (Phi) is 4.61. The normalized spacial score (nSPS) is 25.7. The molecule has 0 aromatic heterocycles. The van der Waals surface area contributed by atoms with E-state index in [-0.39, 0.29) is 23.7 Å². The third kappa shape index (κ3) is 3.23. The van der Waals surface area contributed by atoms with Gasteiger partial charge >= 0.3 is 0 Å². The molecule has 5 heteroatoms. The number of hydrogen-bond donors (Lipinski definition) is 2. The zero-order chi connectivity index (χ0) is 15.6. The zero-order valence-corrected chi connectivity index (χ0v) is 12.5. The summed E-state index contributed by atoms with van der Waals surface area (Å²) in [5, 5.41) is 2.52. The Bertz CT molecular complexity index is 537. The smallest absolute Gasteiger partial charge is 0.231 e. The van der Waals surface area contributed by atoms with Crippen molar-refractivity contribution < 1.29 is 13.6 Å². The van der Waals surface area contributed by atoms with Gasteiger partial charge in [-0.05, 0) is 50.2 Å². The molecule has 1 aromatic carbocycles. The minimum Gasteiger partial charge on any atom is -0.329 e. The van der Waals surface area contributed by atoms with Crippen molar-refractivity contribution in [2.75, 3.05) is 11.9 Å². The van der Waals surface area contributed by atoms with E-state index in [0.717, 1.165) is 25.0 Å². The van der Waals surface area contributed by atoms with Gasteiger partial charge in [0.2, 0.25) is 5.91 Å². The molecule has 0 atom stereocenters. The van der Waals surface area contributed by atoms with Crippen molar-refractivity contribution in [2.45, 2.75) is 39.5 Å². The van der Waals surface area contributed by atoms with Crippen LogP contribution in [0.2, 0.25) is 0 Å². The van der Waals surface area contributed by atoms with Crippen molar-refractivity contribution in [1.82, 2.24) is 0 Å². The Morgan fingerprint density at radius 2 is 1.95 bits per heavy atom. The van der Waals surface area contributed by atoms with Crippen LogP contribution in [0.25, 0.3) is 0 Å². The van der Waals surface area contributed by atoms with Crippen LogP contribution in [0.1, 0.15) is 38.2 Å². The number of rotatable bonds is 3. The Balaban J connectivity index is 2.18. The zero-order valence-electron chi connectivity index (χ0n) is 12.5. The molecule has 1 aromatic rings. The maximum absolute atomic E-state index is 13.8. The highest BCUT2D eigenvalue weighted by Crippen LogP contribution is 2.39. The summed E-state index contributed by atoms with van der Waals surface area (Å²) in [6.45, 7) is 3.85. The van der Waals surface area contributed by atoms with E-state index in [1.807, 2.05) is 0 Å². The maximum atomic E-state index is 13.8. The Morgan fingerprint density at radius 3 is 2.52 bits per heavy atom. The van der Waals surface area contributed by atoms with E-state index < -0.39 is 17.0 Å². The maximum Gasteiger partial charge on any atom is 0.231 e. The molecule has 1 aliphatic rings. The number of carbonyl (C=O) groups excluding carboxylic acids is 1. The van der Waals surface area contributed by atoms with Gasteiger partial charge in [-0.3, -0.25) is 4.79 Å². The molecule has 0 saturated heterocycles. The van der Waals surface area contributed by atoms with Gasteiger partial charge in [-0.1, -0.05) is 6.92 Å². The van der Waals surface area contributed by atoms with Crippen molar-refractivity contribution in [3.8, 4) is 0 Å². The number of nitrogens with one attached hydrogen (secondary N) is 1. The van der Waals surface area contributed by atoms with Crippen LogP contribution >= 0.6 is 0 Å². The quantitative estimate of drug-likeness (QED) is 0.898. The van der Waals surface area contributed by atoms with E-state index in [1.54, 1.807) is 0 Å². The third-order valence-corrected chi connectivity index (χ3v) is 4.60. The molecule has 1 fully saturated rings. The molecular weight excluding hydrogens is 274 g/mol. The SMILES string of the molecule is Cc1cc(F)c(NC(=O)C2(CN)CCC(C)CC2)cc1F. The molecule has 2 rings (SSSR count). The molecule has 1 amide bonds. The number of hydrogen-bond acceptors (Lipinski definition) is 2. The summed E-state index contributed by atoms with van der Waals surface area (Å²) in [6.07, 6.45) is 3.23. The molecular formula is C16H22F2N2O. The van der Waals surface area contributed by atoms with Crippen LogP contribution < -0.4 is 11.1 Å². The summed E-state index contributed by atoms with van der Waals surface area (Å²) >= 11 is 0.